The average Bonchev–Trinajstić information content (AvgIpc) is 3.18. The van der Waals surface area contributed by atoms with Gasteiger partial charge in [-0.2, -0.15) is 5.10 Å². The Kier molecular flexibility index (Phi) is 9.51. The van der Waals surface area contributed by atoms with E-state index in [1.165, 1.54) is 0 Å². The number of piperazine rings is 1. The predicted octanol–water partition coefficient (Wildman–Crippen LogP) is 3.40. The Morgan fingerprint density at radius 2 is 1.74 bits per heavy atom. The van der Waals surface area contributed by atoms with Crippen molar-refractivity contribution in [2.75, 3.05) is 50.8 Å². The van der Waals surface area contributed by atoms with E-state index in [1.54, 1.807) is 6.92 Å². The summed E-state index contributed by atoms with van der Waals surface area (Å²) in [6, 6.07) is 10.2. The standard InChI is InChI=1S/C26H39N5O3/c1-5-15-30(24(32)13-14-25(33)34-7-3)20-23-21(4)27-31(22-11-9-8-10-12-22)26(23)29-18-16-28(6-2)17-19-29/h8-12H,5-7,13-20H2,1-4H3. The second-order valence-corrected chi connectivity index (χ2v) is 8.68. The number of aryl methyl sites for hydroxylation is 1. The van der Waals surface area contributed by atoms with Crippen LogP contribution in [0.1, 0.15) is 51.3 Å². The number of hydrogen-bond acceptors (Lipinski definition) is 6. The number of esters is 1. The van der Waals surface area contributed by atoms with Gasteiger partial charge in [0.2, 0.25) is 5.91 Å². The molecule has 0 spiro atoms. The molecule has 0 radical (unpaired) electrons. The van der Waals surface area contributed by atoms with Gasteiger partial charge in [-0.3, -0.25) is 9.59 Å². The van der Waals surface area contributed by atoms with Crippen molar-refractivity contribution >= 4 is 17.7 Å². The molecule has 1 amide bonds. The number of hydrogen-bond donors (Lipinski definition) is 0. The van der Waals surface area contributed by atoms with Crippen LogP contribution in [-0.2, 0) is 20.9 Å². The zero-order valence-corrected chi connectivity index (χ0v) is 21.1. The Bertz CT molecular complexity index is 935. The number of benzene rings is 1. The first kappa shape index (κ1) is 25.7. The number of amides is 1. The van der Waals surface area contributed by atoms with Gasteiger partial charge in [-0.25, -0.2) is 4.68 Å². The van der Waals surface area contributed by atoms with Crippen LogP contribution < -0.4 is 4.90 Å². The van der Waals surface area contributed by atoms with Crippen LogP contribution in [0.25, 0.3) is 5.69 Å². The summed E-state index contributed by atoms with van der Waals surface area (Å²) in [7, 11) is 0. The third-order valence-corrected chi connectivity index (χ3v) is 6.32. The van der Waals surface area contributed by atoms with Crippen molar-refractivity contribution in [3.05, 3.63) is 41.6 Å². The second-order valence-electron chi connectivity index (χ2n) is 8.68. The van der Waals surface area contributed by atoms with Crippen LogP contribution in [0.2, 0.25) is 0 Å². The van der Waals surface area contributed by atoms with E-state index in [0.717, 1.165) is 61.9 Å². The number of aromatic nitrogens is 2. The van der Waals surface area contributed by atoms with E-state index in [2.05, 4.69) is 35.8 Å². The molecule has 1 aromatic carbocycles. The first-order valence-electron chi connectivity index (χ1n) is 12.5. The van der Waals surface area contributed by atoms with Gasteiger partial charge in [-0.15, -0.1) is 0 Å². The quantitative estimate of drug-likeness (QED) is 0.470. The lowest BCUT2D eigenvalue weighted by Gasteiger charge is -2.36. The summed E-state index contributed by atoms with van der Waals surface area (Å²) < 4.78 is 7.03. The van der Waals surface area contributed by atoms with Crippen molar-refractivity contribution in [3.63, 3.8) is 0 Å². The van der Waals surface area contributed by atoms with E-state index in [1.807, 2.05) is 34.7 Å². The number of rotatable bonds is 11. The van der Waals surface area contributed by atoms with Gasteiger partial charge in [0, 0.05) is 44.7 Å². The molecule has 8 nitrogen and oxygen atoms in total. The molecule has 0 atom stereocenters. The van der Waals surface area contributed by atoms with Crippen LogP contribution in [0.4, 0.5) is 5.82 Å². The molecule has 0 N–H and O–H groups in total. The van der Waals surface area contributed by atoms with Crippen molar-refractivity contribution in [3.8, 4) is 5.69 Å². The maximum atomic E-state index is 13.1. The number of likely N-dealkylation sites (N-methyl/N-ethyl adjacent to an activating group) is 1. The van der Waals surface area contributed by atoms with Crippen LogP contribution in [0, 0.1) is 6.92 Å². The largest absolute Gasteiger partial charge is 0.466 e. The fourth-order valence-corrected chi connectivity index (χ4v) is 4.44. The predicted molar refractivity (Wildman–Crippen MR) is 134 cm³/mol. The van der Waals surface area contributed by atoms with Crippen LogP contribution >= 0.6 is 0 Å². The highest BCUT2D eigenvalue weighted by Crippen LogP contribution is 2.30. The number of para-hydroxylation sites is 1. The average molecular weight is 470 g/mol. The molecule has 2 aromatic rings. The number of nitrogens with zero attached hydrogens (tertiary/aromatic N) is 5. The lowest BCUT2D eigenvalue weighted by Crippen LogP contribution is -2.47. The number of anilines is 1. The van der Waals surface area contributed by atoms with Gasteiger partial charge in [0.15, 0.2) is 0 Å². The molecule has 34 heavy (non-hydrogen) atoms. The molecule has 0 aliphatic carbocycles. The summed E-state index contributed by atoms with van der Waals surface area (Å²) in [5.41, 5.74) is 3.02. The fraction of sp³-hybridized carbons (Fsp3) is 0.577. The summed E-state index contributed by atoms with van der Waals surface area (Å²) in [5.74, 6) is 0.720. The van der Waals surface area contributed by atoms with Crippen LogP contribution in [0.3, 0.4) is 0 Å². The molecule has 0 bridgehead atoms. The zero-order valence-electron chi connectivity index (χ0n) is 21.1. The van der Waals surface area contributed by atoms with Gasteiger partial charge in [-0.05, 0) is 38.9 Å². The maximum Gasteiger partial charge on any atom is 0.306 e. The first-order chi connectivity index (χ1) is 16.5. The molecule has 0 unspecified atom stereocenters. The topological polar surface area (TPSA) is 70.9 Å². The lowest BCUT2D eigenvalue weighted by atomic mass is 10.1. The van der Waals surface area contributed by atoms with Gasteiger partial charge in [0.25, 0.3) is 0 Å². The van der Waals surface area contributed by atoms with E-state index < -0.39 is 0 Å². The molecule has 1 aliphatic heterocycles. The third kappa shape index (κ3) is 6.38. The van der Waals surface area contributed by atoms with Gasteiger partial charge in [0.05, 0.1) is 31.0 Å². The minimum absolute atomic E-state index is 0.0245. The maximum absolute atomic E-state index is 13.1. The summed E-state index contributed by atoms with van der Waals surface area (Å²) in [6.45, 7) is 14.4. The summed E-state index contributed by atoms with van der Waals surface area (Å²) in [5, 5.41) is 4.92. The highest BCUT2D eigenvalue weighted by Gasteiger charge is 2.27. The van der Waals surface area contributed by atoms with Gasteiger partial charge >= 0.3 is 5.97 Å². The SMILES string of the molecule is CCCN(Cc1c(C)nn(-c2ccccc2)c1N1CCN(CC)CC1)C(=O)CCC(=O)OCC. The fourth-order valence-electron chi connectivity index (χ4n) is 4.44. The normalized spacial score (nSPS) is 14.3. The summed E-state index contributed by atoms with van der Waals surface area (Å²) in [4.78, 5) is 31.6. The molecule has 1 saturated heterocycles. The van der Waals surface area contributed by atoms with Crippen LogP contribution in [0.5, 0.6) is 0 Å². The van der Waals surface area contributed by atoms with Gasteiger partial charge < -0.3 is 19.4 Å². The van der Waals surface area contributed by atoms with Gasteiger partial charge in [-0.1, -0.05) is 32.0 Å². The minimum atomic E-state index is -0.324. The number of ether oxygens (including phenoxy) is 1. The molecule has 8 heteroatoms. The van der Waals surface area contributed by atoms with Crippen LogP contribution in [0.15, 0.2) is 30.3 Å². The van der Waals surface area contributed by atoms with Crippen molar-refractivity contribution in [1.82, 2.24) is 19.6 Å². The molecule has 0 saturated carbocycles. The van der Waals surface area contributed by atoms with E-state index in [4.69, 9.17) is 9.84 Å². The Morgan fingerprint density at radius 1 is 1.03 bits per heavy atom. The van der Waals surface area contributed by atoms with Crippen molar-refractivity contribution in [2.45, 2.75) is 53.5 Å². The Morgan fingerprint density at radius 3 is 2.35 bits per heavy atom. The molecular weight excluding hydrogens is 430 g/mol. The number of carbonyl (C=O) groups excluding carboxylic acids is 2. The van der Waals surface area contributed by atoms with Crippen molar-refractivity contribution < 1.29 is 14.3 Å². The van der Waals surface area contributed by atoms with E-state index in [-0.39, 0.29) is 24.7 Å². The highest BCUT2D eigenvalue weighted by atomic mass is 16.5. The molecular formula is C26H39N5O3. The van der Waals surface area contributed by atoms with E-state index in [9.17, 15) is 9.59 Å². The first-order valence-corrected chi connectivity index (χ1v) is 12.5. The monoisotopic (exact) mass is 469 g/mol. The number of carbonyl (C=O) groups is 2. The molecule has 1 fully saturated rings. The lowest BCUT2D eigenvalue weighted by molar-refractivity contribution is -0.145. The summed E-state index contributed by atoms with van der Waals surface area (Å²) >= 11 is 0. The van der Waals surface area contributed by atoms with Crippen molar-refractivity contribution in [2.24, 2.45) is 0 Å². The molecule has 2 heterocycles. The van der Waals surface area contributed by atoms with E-state index in [0.29, 0.717) is 19.7 Å². The molecule has 1 aliphatic rings. The molecule has 186 valence electrons. The summed E-state index contributed by atoms with van der Waals surface area (Å²) in [6.07, 6.45) is 1.12. The minimum Gasteiger partial charge on any atom is -0.466 e. The Balaban J connectivity index is 1.90. The van der Waals surface area contributed by atoms with E-state index >= 15 is 0 Å². The molecule has 1 aromatic heterocycles. The Hall–Kier alpha value is -2.87. The second kappa shape index (κ2) is 12.6. The van der Waals surface area contributed by atoms with Gasteiger partial charge in [0.1, 0.15) is 5.82 Å². The third-order valence-electron chi connectivity index (χ3n) is 6.32. The van der Waals surface area contributed by atoms with Crippen molar-refractivity contribution in [1.29, 1.82) is 0 Å². The zero-order chi connectivity index (χ0) is 24.5. The molecule has 3 rings (SSSR count). The smallest absolute Gasteiger partial charge is 0.306 e. The Labute approximate surface area is 203 Å². The van der Waals surface area contributed by atoms with Crippen LogP contribution in [-0.4, -0.2) is 77.3 Å². The highest BCUT2D eigenvalue weighted by molar-refractivity contribution is 5.81.